The Balaban J connectivity index is 1.81. The van der Waals surface area contributed by atoms with Gasteiger partial charge in [-0.05, 0) is 24.3 Å². The van der Waals surface area contributed by atoms with Gasteiger partial charge in [-0.3, -0.25) is 10.2 Å². The predicted octanol–water partition coefficient (Wildman–Crippen LogP) is 2.96. The molecule has 24 heavy (non-hydrogen) atoms. The number of carbonyl (C=O) groups excluding carboxylic acids is 1. The molecule has 0 radical (unpaired) electrons. The van der Waals surface area contributed by atoms with E-state index >= 15 is 0 Å². The highest BCUT2D eigenvalue weighted by Crippen LogP contribution is 2.47. The van der Waals surface area contributed by atoms with E-state index in [9.17, 15) is 4.79 Å². The number of hydrogen-bond donors (Lipinski definition) is 3. The number of fused-ring (bicyclic) bond motifs is 2. The molecule has 0 unspecified atom stereocenters. The Labute approximate surface area is 142 Å². The summed E-state index contributed by atoms with van der Waals surface area (Å²) in [5, 5.41) is 3.46. The Hall–Kier alpha value is -2.90. The Kier molecular flexibility index (Phi) is 3.64. The molecule has 0 saturated carbocycles. The molecule has 4 rings (SSSR count). The molecule has 118 valence electrons. The van der Waals surface area contributed by atoms with E-state index in [4.69, 9.17) is 5.84 Å². The zero-order valence-corrected chi connectivity index (χ0v) is 13.3. The molecular formula is C17H13N5OS. The van der Waals surface area contributed by atoms with Gasteiger partial charge in [0, 0.05) is 21.6 Å². The molecule has 7 heteroatoms. The van der Waals surface area contributed by atoms with Crippen LogP contribution in [-0.4, -0.2) is 15.9 Å². The minimum Gasteiger partial charge on any atom is -0.353 e. The third kappa shape index (κ3) is 2.49. The van der Waals surface area contributed by atoms with Crippen LogP contribution in [0, 0.1) is 0 Å². The fraction of sp³-hybridized carbons (Fsp3) is 0. The first-order valence-electron chi connectivity index (χ1n) is 7.27. The smallest absolute Gasteiger partial charge is 0.302 e. The van der Waals surface area contributed by atoms with Crippen LogP contribution in [0.2, 0.25) is 0 Å². The molecule has 2 aromatic carbocycles. The lowest BCUT2D eigenvalue weighted by atomic mass is 10.1. The number of hydrazine groups is 1. The maximum absolute atomic E-state index is 11.7. The Morgan fingerprint density at radius 3 is 2.79 bits per heavy atom. The fourth-order valence-electron chi connectivity index (χ4n) is 2.55. The lowest BCUT2D eigenvalue weighted by Crippen LogP contribution is -2.31. The average molecular weight is 335 g/mol. The molecule has 1 aromatic heterocycles. The van der Waals surface area contributed by atoms with Gasteiger partial charge in [0.2, 0.25) is 5.82 Å². The van der Waals surface area contributed by atoms with E-state index in [0.717, 1.165) is 21.8 Å². The molecule has 1 amide bonds. The number of rotatable bonds is 2. The second-order valence-corrected chi connectivity index (χ2v) is 6.22. The van der Waals surface area contributed by atoms with Crippen LogP contribution in [0.1, 0.15) is 10.6 Å². The monoisotopic (exact) mass is 335 g/mol. The molecule has 0 fully saturated rings. The molecule has 6 nitrogen and oxygen atoms in total. The van der Waals surface area contributed by atoms with Crippen molar-refractivity contribution in [1.29, 1.82) is 0 Å². The molecule has 4 N–H and O–H groups in total. The van der Waals surface area contributed by atoms with Gasteiger partial charge in [0.05, 0.1) is 17.1 Å². The number of nitrogens with one attached hydrogen (secondary N) is 2. The minimum atomic E-state index is -0.519. The molecule has 3 aromatic rings. The number of amides is 1. The number of hydrogen-bond acceptors (Lipinski definition) is 6. The molecule has 1 aliphatic rings. The van der Waals surface area contributed by atoms with E-state index < -0.39 is 5.91 Å². The number of para-hydroxylation sites is 2. The topological polar surface area (TPSA) is 92.9 Å². The first-order chi connectivity index (χ1) is 11.8. The highest BCUT2D eigenvalue weighted by Gasteiger charge is 2.20. The second-order valence-electron chi connectivity index (χ2n) is 5.14. The van der Waals surface area contributed by atoms with Crippen molar-refractivity contribution in [2.24, 2.45) is 5.84 Å². The first kappa shape index (κ1) is 14.7. The van der Waals surface area contributed by atoms with E-state index in [1.165, 1.54) is 4.90 Å². The Morgan fingerprint density at radius 1 is 1.08 bits per heavy atom. The highest BCUT2D eigenvalue weighted by atomic mass is 32.2. The number of aromatic nitrogens is 2. The summed E-state index contributed by atoms with van der Waals surface area (Å²) < 4.78 is 0. The number of carbonyl (C=O) groups is 1. The number of benzene rings is 2. The van der Waals surface area contributed by atoms with Crippen molar-refractivity contribution in [2.45, 2.75) is 9.79 Å². The SMILES string of the molecule is NNC(=O)c1nccc(-c2cccc3c2Nc2ccccc2S3)n1. The van der Waals surface area contributed by atoms with Crippen LogP contribution in [0.25, 0.3) is 11.3 Å². The van der Waals surface area contributed by atoms with Crippen molar-refractivity contribution in [3.8, 4) is 11.3 Å². The average Bonchev–Trinajstić information content (AvgIpc) is 2.65. The van der Waals surface area contributed by atoms with Gasteiger partial charge in [-0.25, -0.2) is 15.8 Å². The van der Waals surface area contributed by atoms with Crippen LogP contribution in [0.15, 0.2) is 64.5 Å². The third-order valence-corrected chi connectivity index (χ3v) is 4.79. The fourth-order valence-corrected chi connectivity index (χ4v) is 3.58. The van der Waals surface area contributed by atoms with Crippen LogP contribution in [0.4, 0.5) is 11.4 Å². The van der Waals surface area contributed by atoms with Crippen molar-refractivity contribution in [2.75, 3.05) is 5.32 Å². The van der Waals surface area contributed by atoms with Crippen LogP contribution < -0.4 is 16.6 Å². The lowest BCUT2D eigenvalue weighted by Gasteiger charge is -2.23. The van der Waals surface area contributed by atoms with E-state index in [1.54, 1.807) is 24.0 Å². The van der Waals surface area contributed by atoms with Crippen LogP contribution >= 0.6 is 11.8 Å². The van der Waals surface area contributed by atoms with E-state index in [2.05, 4.69) is 32.8 Å². The summed E-state index contributed by atoms with van der Waals surface area (Å²) >= 11 is 1.70. The number of anilines is 2. The van der Waals surface area contributed by atoms with Gasteiger partial charge in [0.25, 0.3) is 0 Å². The molecule has 0 atom stereocenters. The predicted molar refractivity (Wildman–Crippen MR) is 93.0 cm³/mol. The van der Waals surface area contributed by atoms with Gasteiger partial charge >= 0.3 is 5.91 Å². The number of nitrogens with two attached hydrogens (primary N) is 1. The Bertz CT molecular complexity index is 944. The van der Waals surface area contributed by atoms with Crippen LogP contribution in [0.3, 0.4) is 0 Å². The summed E-state index contributed by atoms with van der Waals surface area (Å²) in [6, 6.07) is 15.9. The normalized spacial score (nSPS) is 11.9. The largest absolute Gasteiger partial charge is 0.353 e. The number of nitrogen functional groups attached to an aromatic ring is 1. The summed E-state index contributed by atoms with van der Waals surface area (Å²) in [5.74, 6) is 4.68. The zero-order chi connectivity index (χ0) is 16.5. The van der Waals surface area contributed by atoms with Gasteiger partial charge in [0.1, 0.15) is 0 Å². The highest BCUT2D eigenvalue weighted by molar-refractivity contribution is 7.99. The van der Waals surface area contributed by atoms with Crippen molar-refractivity contribution in [3.05, 3.63) is 60.6 Å². The lowest BCUT2D eigenvalue weighted by molar-refractivity contribution is 0.0943. The molecule has 0 aliphatic carbocycles. The van der Waals surface area contributed by atoms with Gasteiger partial charge in [-0.15, -0.1) is 0 Å². The number of nitrogens with zero attached hydrogens (tertiary/aromatic N) is 2. The third-order valence-electron chi connectivity index (χ3n) is 3.66. The first-order valence-corrected chi connectivity index (χ1v) is 8.09. The van der Waals surface area contributed by atoms with Crippen LogP contribution in [0.5, 0.6) is 0 Å². The van der Waals surface area contributed by atoms with Gasteiger partial charge < -0.3 is 5.32 Å². The molecule has 1 aliphatic heterocycles. The summed E-state index contributed by atoms with van der Waals surface area (Å²) in [6.07, 6.45) is 1.55. The molecular weight excluding hydrogens is 322 g/mol. The molecule has 2 heterocycles. The molecule has 0 spiro atoms. The van der Waals surface area contributed by atoms with E-state index in [1.807, 2.05) is 30.3 Å². The van der Waals surface area contributed by atoms with Gasteiger partial charge in [0.15, 0.2) is 0 Å². The minimum absolute atomic E-state index is 0.0384. The Morgan fingerprint density at radius 2 is 1.92 bits per heavy atom. The van der Waals surface area contributed by atoms with E-state index in [0.29, 0.717) is 5.69 Å². The van der Waals surface area contributed by atoms with Crippen molar-refractivity contribution >= 4 is 29.0 Å². The summed E-state index contributed by atoms with van der Waals surface area (Å²) in [6.45, 7) is 0. The standard InChI is InChI=1S/C17H13N5OS/c18-22-17(23)16-19-9-8-11(21-16)10-4-3-7-14-15(10)20-12-5-1-2-6-13(12)24-14/h1-9,20H,18H2,(H,22,23). The van der Waals surface area contributed by atoms with Gasteiger partial charge in [-0.2, -0.15) is 0 Å². The molecule has 0 bridgehead atoms. The summed E-state index contributed by atoms with van der Waals surface area (Å²) in [5.41, 5.74) is 5.64. The van der Waals surface area contributed by atoms with Gasteiger partial charge in [-0.1, -0.05) is 36.0 Å². The molecule has 0 saturated heterocycles. The summed E-state index contributed by atoms with van der Waals surface area (Å²) in [4.78, 5) is 22.2. The van der Waals surface area contributed by atoms with Crippen molar-refractivity contribution in [1.82, 2.24) is 15.4 Å². The maximum Gasteiger partial charge on any atom is 0.302 e. The van der Waals surface area contributed by atoms with Crippen LogP contribution in [-0.2, 0) is 0 Å². The van der Waals surface area contributed by atoms with E-state index in [-0.39, 0.29) is 5.82 Å². The quantitative estimate of drug-likeness (QED) is 0.296. The van der Waals surface area contributed by atoms with Crippen molar-refractivity contribution < 1.29 is 4.79 Å². The second kappa shape index (κ2) is 5.95. The summed E-state index contributed by atoms with van der Waals surface area (Å²) in [7, 11) is 0. The zero-order valence-electron chi connectivity index (χ0n) is 12.5. The maximum atomic E-state index is 11.7. The van der Waals surface area contributed by atoms with Crippen molar-refractivity contribution in [3.63, 3.8) is 0 Å².